The molecule has 82 valence electrons. The average molecular weight is 220 g/mol. The number of carbonyl (C=O) groups is 1. The van der Waals surface area contributed by atoms with Crippen LogP contribution in [0.3, 0.4) is 0 Å². The van der Waals surface area contributed by atoms with E-state index in [1.165, 1.54) is 0 Å². The second kappa shape index (κ2) is 4.29. The second-order valence-electron chi connectivity index (χ2n) is 3.83. The number of carboxylic acid groups (broad SMARTS) is 1. The fraction of sp³-hybridized carbons (Fsp3) is 0.889. The molecule has 0 saturated heterocycles. The minimum Gasteiger partial charge on any atom is -0.480 e. The maximum Gasteiger partial charge on any atom is 0.321 e. The molecule has 1 N–H and O–H groups in total. The largest absolute Gasteiger partial charge is 0.480 e. The van der Waals surface area contributed by atoms with Gasteiger partial charge in [-0.05, 0) is 18.8 Å². The molecular weight excluding hydrogens is 204 g/mol. The van der Waals surface area contributed by atoms with Crippen LogP contribution in [0, 0.1) is 5.92 Å². The van der Waals surface area contributed by atoms with Crippen LogP contribution >= 0.6 is 0 Å². The van der Waals surface area contributed by atoms with Gasteiger partial charge in [0, 0.05) is 0 Å². The highest BCUT2D eigenvalue weighted by atomic mass is 32.2. The van der Waals surface area contributed by atoms with E-state index in [-0.39, 0.29) is 12.2 Å². The van der Waals surface area contributed by atoms with E-state index in [4.69, 9.17) is 5.11 Å². The molecule has 1 atom stereocenters. The summed E-state index contributed by atoms with van der Waals surface area (Å²) in [5.74, 6) is -0.665. The summed E-state index contributed by atoms with van der Waals surface area (Å²) in [5, 5.41) is 7.50. The van der Waals surface area contributed by atoms with Crippen LogP contribution in [-0.2, 0) is 14.6 Å². The van der Waals surface area contributed by atoms with Crippen molar-refractivity contribution in [1.82, 2.24) is 0 Å². The summed E-state index contributed by atoms with van der Waals surface area (Å²) in [6.45, 7) is 1.59. The Kier molecular flexibility index (Phi) is 3.53. The molecule has 0 heterocycles. The van der Waals surface area contributed by atoms with Gasteiger partial charge in [0.15, 0.2) is 15.1 Å². The molecule has 1 fully saturated rings. The van der Waals surface area contributed by atoms with Gasteiger partial charge in [0.1, 0.15) is 0 Å². The van der Waals surface area contributed by atoms with Crippen LogP contribution in [-0.4, -0.2) is 30.5 Å². The third-order valence-electron chi connectivity index (χ3n) is 2.59. The molecule has 0 aromatic heterocycles. The minimum atomic E-state index is -3.43. The summed E-state index contributed by atoms with van der Waals surface area (Å²) in [6.07, 6.45) is 2.98. The van der Waals surface area contributed by atoms with Crippen molar-refractivity contribution in [3.63, 3.8) is 0 Å². The first-order chi connectivity index (χ1) is 6.47. The van der Waals surface area contributed by atoms with E-state index >= 15 is 0 Å². The number of sulfone groups is 1. The van der Waals surface area contributed by atoms with Crippen molar-refractivity contribution in [3.05, 3.63) is 0 Å². The Hall–Kier alpha value is -0.580. The highest BCUT2D eigenvalue weighted by Crippen LogP contribution is 2.33. The SMILES string of the molecule is CCC(C(=O)O)S(=O)(=O)CCC1CC1. The molecule has 0 aromatic carbocycles. The summed E-state index contributed by atoms with van der Waals surface area (Å²) in [7, 11) is -3.43. The van der Waals surface area contributed by atoms with Gasteiger partial charge in [-0.3, -0.25) is 4.79 Å². The van der Waals surface area contributed by atoms with E-state index in [1.54, 1.807) is 6.92 Å². The molecule has 1 aliphatic carbocycles. The molecule has 4 nitrogen and oxygen atoms in total. The van der Waals surface area contributed by atoms with E-state index in [0.29, 0.717) is 12.3 Å². The molecular formula is C9H16O4S. The molecule has 1 aliphatic rings. The van der Waals surface area contributed by atoms with Gasteiger partial charge in [-0.2, -0.15) is 0 Å². The maximum absolute atomic E-state index is 11.6. The number of carboxylic acids is 1. The number of hydrogen-bond acceptors (Lipinski definition) is 3. The first kappa shape index (κ1) is 11.5. The normalized spacial score (nSPS) is 19.2. The number of rotatable bonds is 6. The van der Waals surface area contributed by atoms with Gasteiger partial charge in [-0.25, -0.2) is 8.42 Å². The molecule has 0 aliphatic heterocycles. The van der Waals surface area contributed by atoms with Gasteiger partial charge in [0.25, 0.3) is 0 Å². The Labute approximate surface area is 84.2 Å². The molecule has 5 heteroatoms. The lowest BCUT2D eigenvalue weighted by molar-refractivity contribution is -0.136. The first-order valence-electron chi connectivity index (χ1n) is 4.91. The molecule has 0 spiro atoms. The molecule has 0 aromatic rings. The Morgan fingerprint density at radius 2 is 2.07 bits per heavy atom. The van der Waals surface area contributed by atoms with Crippen molar-refractivity contribution in [1.29, 1.82) is 0 Å². The fourth-order valence-electron chi connectivity index (χ4n) is 1.46. The van der Waals surface area contributed by atoms with Crippen molar-refractivity contribution < 1.29 is 18.3 Å². The standard InChI is InChI=1S/C9H16O4S/c1-2-8(9(10)11)14(12,13)6-5-7-3-4-7/h7-8H,2-6H2,1H3,(H,10,11). The molecule has 1 rings (SSSR count). The van der Waals surface area contributed by atoms with Crippen molar-refractivity contribution in [2.75, 3.05) is 5.75 Å². The number of hydrogen-bond donors (Lipinski definition) is 1. The van der Waals surface area contributed by atoms with Crippen LogP contribution in [0.1, 0.15) is 32.6 Å². The summed E-state index contributed by atoms with van der Waals surface area (Å²) < 4.78 is 23.1. The highest BCUT2D eigenvalue weighted by Gasteiger charge is 2.32. The van der Waals surface area contributed by atoms with Crippen LogP contribution in [0.15, 0.2) is 0 Å². The van der Waals surface area contributed by atoms with Crippen molar-refractivity contribution in [3.8, 4) is 0 Å². The predicted octanol–water partition coefficient (Wildman–Crippen LogP) is 1.06. The molecule has 14 heavy (non-hydrogen) atoms. The van der Waals surface area contributed by atoms with Gasteiger partial charge in [0.2, 0.25) is 0 Å². The summed E-state index contributed by atoms with van der Waals surface area (Å²) in [5.41, 5.74) is 0. The minimum absolute atomic E-state index is 0.0302. The Morgan fingerprint density at radius 3 is 2.43 bits per heavy atom. The molecule has 1 unspecified atom stereocenters. The second-order valence-corrected chi connectivity index (χ2v) is 6.14. The number of aliphatic carboxylic acids is 1. The van der Waals surface area contributed by atoms with Crippen molar-refractivity contribution in [2.45, 2.75) is 37.9 Å². The average Bonchev–Trinajstić information content (AvgIpc) is 2.83. The van der Waals surface area contributed by atoms with Crippen molar-refractivity contribution >= 4 is 15.8 Å². The Morgan fingerprint density at radius 1 is 1.50 bits per heavy atom. The van der Waals surface area contributed by atoms with E-state index in [2.05, 4.69) is 0 Å². The van der Waals surface area contributed by atoms with Gasteiger partial charge in [-0.15, -0.1) is 0 Å². The Balaban J connectivity index is 2.55. The smallest absolute Gasteiger partial charge is 0.321 e. The summed E-state index contributed by atoms with van der Waals surface area (Å²) in [6, 6.07) is 0. The summed E-state index contributed by atoms with van der Waals surface area (Å²) in [4.78, 5) is 10.7. The van der Waals surface area contributed by atoms with Gasteiger partial charge >= 0.3 is 5.97 Å². The monoisotopic (exact) mass is 220 g/mol. The zero-order valence-corrected chi connectivity index (χ0v) is 9.09. The van der Waals surface area contributed by atoms with Gasteiger partial charge < -0.3 is 5.11 Å². The lowest BCUT2D eigenvalue weighted by Gasteiger charge is -2.10. The zero-order chi connectivity index (χ0) is 10.8. The molecule has 1 saturated carbocycles. The lowest BCUT2D eigenvalue weighted by atomic mass is 10.3. The molecule has 0 bridgehead atoms. The predicted molar refractivity (Wildman–Crippen MR) is 52.8 cm³/mol. The lowest BCUT2D eigenvalue weighted by Crippen LogP contribution is -2.31. The highest BCUT2D eigenvalue weighted by molar-refractivity contribution is 7.92. The third kappa shape index (κ3) is 2.97. The van der Waals surface area contributed by atoms with Crippen LogP contribution in [0.2, 0.25) is 0 Å². The van der Waals surface area contributed by atoms with E-state index in [1.807, 2.05) is 0 Å². The molecule has 0 radical (unpaired) electrons. The van der Waals surface area contributed by atoms with Gasteiger partial charge in [0.05, 0.1) is 5.75 Å². The Bertz CT molecular complexity index is 303. The van der Waals surface area contributed by atoms with Crippen molar-refractivity contribution in [2.24, 2.45) is 5.92 Å². The summed E-state index contributed by atoms with van der Waals surface area (Å²) >= 11 is 0. The maximum atomic E-state index is 11.6. The van der Waals surface area contributed by atoms with E-state index in [0.717, 1.165) is 12.8 Å². The topological polar surface area (TPSA) is 71.4 Å². The zero-order valence-electron chi connectivity index (χ0n) is 8.27. The van der Waals surface area contributed by atoms with E-state index in [9.17, 15) is 13.2 Å². The van der Waals surface area contributed by atoms with Crippen LogP contribution < -0.4 is 0 Å². The third-order valence-corrected chi connectivity index (χ3v) is 4.79. The van der Waals surface area contributed by atoms with Crippen LogP contribution in [0.5, 0.6) is 0 Å². The first-order valence-corrected chi connectivity index (χ1v) is 6.63. The van der Waals surface area contributed by atoms with Gasteiger partial charge in [-0.1, -0.05) is 19.8 Å². The fourth-order valence-corrected chi connectivity index (χ4v) is 3.22. The molecule has 0 amide bonds. The quantitative estimate of drug-likeness (QED) is 0.726. The van der Waals surface area contributed by atoms with Crippen LogP contribution in [0.25, 0.3) is 0 Å². The van der Waals surface area contributed by atoms with Crippen LogP contribution in [0.4, 0.5) is 0 Å². The van der Waals surface area contributed by atoms with E-state index < -0.39 is 21.1 Å².